The third-order valence-electron chi connectivity index (χ3n) is 4.27. The van der Waals surface area contributed by atoms with E-state index in [0.717, 1.165) is 29.2 Å². The summed E-state index contributed by atoms with van der Waals surface area (Å²) in [5.74, 6) is 0. The first kappa shape index (κ1) is 16.9. The third-order valence-corrected chi connectivity index (χ3v) is 5.21. The predicted molar refractivity (Wildman–Crippen MR) is 98.8 cm³/mol. The van der Waals surface area contributed by atoms with Gasteiger partial charge in [0.05, 0.1) is 5.69 Å². The highest BCUT2D eigenvalue weighted by Crippen LogP contribution is 2.15. The van der Waals surface area contributed by atoms with E-state index in [1.165, 1.54) is 11.1 Å². The van der Waals surface area contributed by atoms with E-state index in [9.17, 15) is 4.21 Å². The number of imidazole rings is 1. The largest absolute Gasteiger partial charge is 0.310 e. The molecule has 0 amide bonds. The highest BCUT2D eigenvalue weighted by atomic mass is 32.2. The lowest BCUT2D eigenvalue weighted by Crippen LogP contribution is -2.21. The number of hydrogen-bond acceptors (Lipinski definition) is 3. The van der Waals surface area contributed by atoms with Crippen molar-refractivity contribution >= 4 is 16.4 Å². The Hall–Kier alpha value is -1.98. The molecular weight excluding hydrogens is 318 g/mol. The molecule has 2 unspecified atom stereocenters. The molecule has 0 saturated carbocycles. The molecule has 1 aromatic carbocycles. The fraction of sp³-hybridized carbons (Fsp3) is 0.316. The van der Waals surface area contributed by atoms with E-state index < -0.39 is 10.8 Å². The number of nitrogens with zero attached hydrogens (tertiary/aromatic N) is 2. The minimum Gasteiger partial charge on any atom is -0.310 e. The fourth-order valence-electron chi connectivity index (χ4n) is 2.81. The maximum Gasteiger partial charge on any atom is 0.139 e. The number of benzene rings is 1. The molecule has 0 fully saturated rings. The maximum absolute atomic E-state index is 11.4. The van der Waals surface area contributed by atoms with Gasteiger partial charge in [-0.1, -0.05) is 18.2 Å². The van der Waals surface area contributed by atoms with E-state index in [-0.39, 0.29) is 6.04 Å². The fourth-order valence-corrected chi connectivity index (χ4v) is 3.33. The van der Waals surface area contributed by atoms with Crippen LogP contribution in [0.25, 0.3) is 5.65 Å². The van der Waals surface area contributed by atoms with Gasteiger partial charge in [-0.05, 0) is 43.2 Å². The summed E-state index contributed by atoms with van der Waals surface area (Å²) >= 11 is 0. The summed E-state index contributed by atoms with van der Waals surface area (Å²) in [6, 6.07) is 12.3. The van der Waals surface area contributed by atoms with Crippen molar-refractivity contribution in [3.8, 4) is 0 Å². The van der Waals surface area contributed by atoms with Gasteiger partial charge in [-0.2, -0.15) is 0 Å². The summed E-state index contributed by atoms with van der Waals surface area (Å²) in [6.45, 7) is 5.09. The van der Waals surface area contributed by atoms with Crippen molar-refractivity contribution in [2.24, 2.45) is 0 Å². The number of pyridine rings is 1. The zero-order valence-corrected chi connectivity index (χ0v) is 15.1. The molecule has 5 heteroatoms. The monoisotopic (exact) mass is 341 g/mol. The van der Waals surface area contributed by atoms with Gasteiger partial charge in [0.2, 0.25) is 0 Å². The molecule has 2 aromatic heterocycles. The molecule has 3 rings (SSSR count). The number of hydrogen-bond donors (Lipinski definition) is 1. The lowest BCUT2D eigenvalue weighted by Gasteiger charge is -2.14. The highest BCUT2D eigenvalue weighted by molar-refractivity contribution is 7.84. The Balaban J connectivity index is 1.58. The van der Waals surface area contributed by atoms with Crippen LogP contribution in [0.15, 0.2) is 53.7 Å². The summed E-state index contributed by atoms with van der Waals surface area (Å²) in [4.78, 5) is 5.57. The van der Waals surface area contributed by atoms with Crippen LogP contribution >= 0.6 is 0 Å². The van der Waals surface area contributed by atoms with Crippen LogP contribution in [0, 0.1) is 6.92 Å². The third kappa shape index (κ3) is 3.74. The predicted octanol–water partition coefficient (Wildman–Crippen LogP) is 3.27. The maximum atomic E-state index is 11.4. The lowest BCUT2D eigenvalue weighted by molar-refractivity contribution is 0.574. The van der Waals surface area contributed by atoms with Crippen molar-refractivity contribution in [2.45, 2.75) is 31.2 Å². The number of aryl methyl sites for hydroxylation is 1. The van der Waals surface area contributed by atoms with Gasteiger partial charge in [0.1, 0.15) is 5.65 Å². The first-order chi connectivity index (χ1) is 11.5. The second-order valence-corrected chi connectivity index (χ2v) is 7.48. The van der Waals surface area contributed by atoms with Gasteiger partial charge in [-0.15, -0.1) is 0 Å². The van der Waals surface area contributed by atoms with E-state index in [0.29, 0.717) is 0 Å². The zero-order valence-electron chi connectivity index (χ0n) is 14.3. The Morgan fingerprint density at radius 1 is 1.25 bits per heavy atom. The molecule has 0 saturated heterocycles. The van der Waals surface area contributed by atoms with Crippen LogP contribution in [-0.2, 0) is 17.2 Å². The van der Waals surface area contributed by atoms with E-state index in [1.807, 2.05) is 36.5 Å². The highest BCUT2D eigenvalue weighted by Gasteiger charge is 2.07. The molecule has 24 heavy (non-hydrogen) atoms. The van der Waals surface area contributed by atoms with E-state index >= 15 is 0 Å². The Kier molecular flexibility index (Phi) is 5.11. The first-order valence-electron chi connectivity index (χ1n) is 8.14. The Morgan fingerprint density at radius 3 is 2.67 bits per heavy atom. The second-order valence-electron chi connectivity index (χ2n) is 6.10. The molecule has 0 aliphatic rings. The van der Waals surface area contributed by atoms with Crippen LogP contribution in [-0.4, -0.2) is 26.4 Å². The number of aromatic nitrogens is 2. The van der Waals surface area contributed by atoms with Gasteiger partial charge < -0.3 is 9.72 Å². The van der Waals surface area contributed by atoms with Crippen molar-refractivity contribution < 1.29 is 4.21 Å². The summed E-state index contributed by atoms with van der Waals surface area (Å²) in [5.41, 5.74) is 4.53. The van der Waals surface area contributed by atoms with Gasteiger partial charge >= 0.3 is 0 Å². The van der Waals surface area contributed by atoms with Gasteiger partial charge in [0.15, 0.2) is 0 Å². The van der Waals surface area contributed by atoms with Crippen LogP contribution < -0.4 is 5.32 Å². The van der Waals surface area contributed by atoms with Crippen LogP contribution in [0.5, 0.6) is 0 Å². The number of nitrogens with one attached hydrogen (secondary N) is 1. The summed E-state index contributed by atoms with van der Waals surface area (Å²) < 4.78 is 13.5. The smallest absolute Gasteiger partial charge is 0.139 e. The molecule has 0 aliphatic heterocycles. The number of rotatable bonds is 6. The molecule has 0 radical (unpaired) electrons. The normalized spacial score (nSPS) is 14.0. The van der Waals surface area contributed by atoms with Crippen LogP contribution in [0.2, 0.25) is 0 Å². The average molecular weight is 341 g/mol. The van der Waals surface area contributed by atoms with Crippen molar-refractivity contribution in [3.05, 3.63) is 65.6 Å². The van der Waals surface area contributed by atoms with E-state index in [4.69, 9.17) is 4.98 Å². The van der Waals surface area contributed by atoms with Crippen molar-refractivity contribution in [1.29, 1.82) is 0 Å². The SMILES string of the molecule is Cc1cccn2cc(CCNC(C)c3ccc(S(C)=O)cc3)nc12. The quantitative estimate of drug-likeness (QED) is 0.748. The minimum absolute atomic E-state index is 0.253. The first-order valence-corrected chi connectivity index (χ1v) is 9.70. The average Bonchev–Trinajstić information content (AvgIpc) is 2.99. The molecule has 126 valence electrons. The van der Waals surface area contributed by atoms with E-state index in [1.54, 1.807) is 6.26 Å². The Labute approximate surface area is 145 Å². The molecule has 0 spiro atoms. The lowest BCUT2D eigenvalue weighted by atomic mass is 10.1. The van der Waals surface area contributed by atoms with Crippen molar-refractivity contribution in [3.63, 3.8) is 0 Å². The standard InChI is InChI=1S/C19H23N3OS/c1-14-5-4-12-22-13-17(21-19(14)22)10-11-20-15(2)16-6-8-18(9-7-16)24(3)23/h4-9,12-13,15,20H,10-11H2,1-3H3. The molecule has 0 bridgehead atoms. The summed E-state index contributed by atoms with van der Waals surface area (Å²) in [5, 5.41) is 3.53. The molecule has 4 nitrogen and oxygen atoms in total. The van der Waals surface area contributed by atoms with Gasteiger partial charge in [0, 0.05) is 53.4 Å². The van der Waals surface area contributed by atoms with Crippen LogP contribution in [0.3, 0.4) is 0 Å². The van der Waals surface area contributed by atoms with E-state index in [2.05, 4.69) is 35.8 Å². The molecule has 2 heterocycles. The number of fused-ring (bicyclic) bond motifs is 1. The molecule has 0 aliphatic carbocycles. The summed E-state index contributed by atoms with van der Waals surface area (Å²) in [7, 11) is -0.922. The summed E-state index contributed by atoms with van der Waals surface area (Å²) in [6.07, 6.45) is 6.73. The van der Waals surface area contributed by atoms with Gasteiger partial charge in [-0.3, -0.25) is 4.21 Å². The molecular formula is C19H23N3OS. The topological polar surface area (TPSA) is 46.4 Å². The molecule has 2 atom stereocenters. The zero-order chi connectivity index (χ0) is 17.1. The minimum atomic E-state index is -0.922. The van der Waals surface area contributed by atoms with Crippen LogP contribution in [0.1, 0.15) is 29.8 Å². The van der Waals surface area contributed by atoms with Crippen LogP contribution in [0.4, 0.5) is 0 Å². The van der Waals surface area contributed by atoms with Crippen molar-refractivity contribution in [2.75, 3.05) is 12.8 Å². The van der Waals surface area contributed by atoms with Gasteiger partial charge in [0.25, 0.3) is 0 Å². The Morgan fingerprint density at radius 2 is 2.00 bits per heavy atom. The molecule has 3 aromatic rings. The van der Waals surface area contributed by atoms with Gasteiger partial charge in [-0.25, -0.2) is 4.98 Å². The van der Waals surface area contributed by atoms with Crippen molar-refractivity contribution in [1.82, 2.24) is 14.7 Å². The second kappa shape index (κ2) is 7.28. The molecule has 1 N–H and O–H groups in total. The Bertz CT molecular complexity index is 855.